The van der Waals surface area contributed by atoms with E-state index in [9.17, 15) is 9.59 Å². The van der Waals surface area contributed by atoms with Crippen LogP contribution in [0.15, 0.2) is 97.5 Å². The van der Waals surface area contributed by atoms with Crippen molar-refractivity contribution in [2.45, 2.75) is 51.1 Å². The number of hydrogen-bond acceptors (Lipinski definition) is 5. The Morgan fingerprint density at radius 3 is 2.44 bits per heavy atom. The number of carbonyl (C=O) groups excluding carboxylic acids is 2. The number of benzene rings is 3. The lowest BCUT2D eigenvalue weighted by atomic mass is 9.99. The van der Waals surface area contributed by atoms with E-state index in [4.69, 9.17) is 33.2 Å². The molecule has 264 valence electrons. The number of aromatic amines is 1. The predicted molar refractivity (Wildman–Crippen MR) is 208 cm³/mol. The number of fused-ring (bicyclic) bond motifs is 1. The van der Waals surface area contributed by atoms with Crippen molar-refractivity contribution in [1.29, 1.82) is 0 Å². The maximum absolute atomic E-state index is 14.6. The number of anilines is 2. The van der Waals surface area contributed by atoms with Crippen molar-refractivity contribution in [3.8, 4) is 22.5 Å². The molecule has 0 bridgehead atoms. The van der Waals surface area contributed by atoms with Gasteiger partial charge < -0.3 is 24.7 Å². The number of H-pyrrole nitrogens is 1. The lowest BCUT2D eigenvalue weighted by Gasteiger charge is -2.40. The van der Waals surface area contributed by atoms with Gasteiger partial charge in [-0.05, 0) is 74.6 Å². The highest BCUT2D eigenvalue weighted by atomic mass is 35.5. The van der Waals surface area contributed by atoms with Crippen LogP contribution < -0.4 is 10.2 Å². The van der Waals surface area contributed by atoms with E-state index in [0.29, 0.717) is 33.7 Å². The Morgan fingerprint density at radius 1 is 0.904 bits per heavy atom. The van der Waals surface area contributed by atoms with Gasteiger partial charge in [0.15, 0.2) is 5.82 Å². The number of amides is 2. The molecule has 1 atom stereocenters. The molecule has 11 heteroatoms. The average molecular weight is 733 g/mol. The van der Waals surface area contributed by atoms with Crippen LogP contribution in [0.3, 0.4) is 0 Å². The number of carbonyl (C=O) groups is 2. The van der Waals surface area contributed by atoms with Crippen molar-refractivity contribution in [3.05, 3.63) is 119 Å². The van der Waals surface area contributed by atoms with Crippen molar-refractivity contribution in [1.82, 2.24) is 24.4 Å². The third kappa shape index (κ3) is 6.55. The number of piperidine rings is 2. The highest BCUT2D eigenvalue weighted by Gasteiger charge is 2.32. The Bertz CT molecular complexity index is 2240. The van der Waals surface area contributed by atoms with E-state index in [1.165, 1.54) is 0 Å². The molecule has 0 unspecified atom stereocenters. The molecule has 2 N–H and O–H groups in total. The van der Waals surface area contributed by atoms with E-state index in [2.05, 4.69) is 31.6 Å². The Morgan fingerprint density at radius 2 is 1.67 bits per heavy atom. The van der Waals surface area contributed by atoms with Crippen LogP contribution >= 0.6 is 23.2 Å². The van der Waals surface area contributed by atoms with Gasteiger partial charge in [0.1, 0.15) is 5.69 Å². The molecule has 5 heterocycles. The van der Waals surface area contributed by atoms with Gasteiger partial charge in [-0.1, -0.05) is 71.7 Å². The van der Waals surface area contributed by atoms with Gasteiger partial charge in [0.05, 0.1) is 29.4 Å². The number of likely N-dealkylation sites (tertiary alicyclic amines) is 1. The number of hydrogen-bond donors (Lipinski definition) is 2. The fourth-order valence-corrected chi connectivity index (χ4v) is 8.03. The van der Waals surface area contributed by atoms with Gasteiger partial charge in [-0.3, -0.25) is 9.59 Å². The molecule has 6 aromatic rings. The molecular formula is C41H39Cl2N7O2. The fraction of sp³-hybridized carbons (Fsp3) is 0.268. The van der Waals surface area contributed by atoms with Crippen molar-refractivity contribution in [2.75, 3.05) is 29.9 Å². The Labute approximate surface area is 312 Å². The zero-order chi connectivity index (χ0) is 35.8. The second-order valence-electron chi connectivity index (χ2n) is 13.6. The van der Waals surface area contributed by atoms with Crippen molar-refractivity contribution in [2.24, 2.45) is 0 Å². The van der Waals surface area contributed by atoms with Gasteiger partial charge in [-0.15, -0.1) is 0 Å². The quantitative estimate of drug-likeness (QED) is 0.163. The topological polar surface area (TPSA) is 99.2 Å². The van der Waals surface area contributed by atoms with Gasteiger partial charge >= 0.3 is 0 Å². The zero-order valence-electron chi connectivity index (χ0n) is 28.9. The number of aromatic nitrogens is 4. The number of halogens is 2. The van der Waals surface area contributed by atoms with Gasteiger partial charge in [0.25, 0.3) is 5.91 Å². The van der Waals surface area contributed by atoms with Crippen LogP contribution in [0.25, 0.3) is 33.4 Å². The summed E-state index contributed by atoms with van der Waals surface area (Å²) in [5.74, 6) is 0.674. The largest absolute Gasteiger partial charge is 0.355 e. The molecule has 2 aliphatic rings. The smallest absolute Gasteiger partial charge is 0.272 e. The van der Waals surface area contributed by atoms with Gasteiger partial charge in [0, 0.05) is 70.4 Å². The maximum Gasteiger partial charge on any atom is 0.272 e. The third-order valence-corrected chi connectivity index (χ3v) is 10.9. The monoisotopic (exact) mass is 731 g/mol. The van der Waals surface area contributed by atoms with E-state index < -0.39 is 0 Å². The minimum absolute atomic E-state index is 0.140. The molecule has 2 fully saturated rings. The summed E-state index contributed by atoms with van der Waals surface area (Å²) in [7, 11) is 0. The standard InChI is InChI=1S/C41H39Cl2N7O2/c1-26(27-12-14-29(42)15-13-27)50-25-45-37(28-8-3-2-4-9-28)39(50)36-32-17-16-30(43)24-34(32)46-38(36)41(52)47-33-10-7-20-44-40(33)48-22-18-31(19-23-48)49-21-6-5-11-35(49)51/h2-4,7-10,12-17,20,24-26,31,46H,5-6,11,18-19,21-23H2,1H3,(H,47,52)/t26-/m0/s1. The van der Waals surface area contributed by atoms with Crippen molar-refractivity contribution >= 4 is 57.4 Å². The van der Waals surface area contributed by atoms with E-state index in [1.807, 2.05) is 91.3 Å². The first-order valence-electron chi connectivity index (χ1n) is 17.9. The van der Waals surface area contributed by atoms with Gasteiger partial charge in [-0.25, -0.2) is 9.97 Å². The van der Waals surface area contributed by atoms with Crippen LogP contribution in [-0.4, -0.2) is 61.9 Å². The summed E-state index contributed by atoms with van der Waals surface area (Å²) in [6.07, 6.45) is 8.01. The van der Waals surface area contributed by atoms with Crippen LogP contribution in [0.1, 0.15) is 61.1 Å². The van der Waals surface area contributed by atoms with Crippen molar-refractivity contribution < 1.29 is 9.59 Å². The number of pyridine rings is 1. The Hall–Kier alpha value is -5.12. The molecular weight excluding hydrogens is 693 g/mol. The second-order valence-corrected chi connectivity index (χ2v) is 14.5. The van der Waals surface area contributed by atoms with Gasteiger partial charge in [0.2, 0.25) is 5.91 Å². The van der Waals surface area contributed by atoms with Crippen LogP contribution in [0.5, 0.6) is 0 Å². The summed E-state index contributed by atoms with van der Waals surface area (Å²) in [5.41, 5.74) is 5.99. The van der Waals surface area contributed by atoms with E-state index in [1.54, 1.807) is 6.20 Å². The lowest BCUT2D eigenvalue weighted by Crippen LogP contribution is -2.49. The molecule has 0 aliphatic carbocycles. The summed E-state index contributed by atoms with van der Waals surface area (Å²) in [6.45, 7) is 4.44. The van der Waals surface area contributed by atoms with E-state index >= 15 is 0 Å². The van der Waals surface area contributed by atoms with Crippen LogP contribution in [0, 0.1) is 0 Å². The first-order chi connectivity index (χ1) is 25.4. The molecule has 52 heavy (non-hydrogen) atoms. The summed E-state index contributed by atoms with van der Waals surface area (Å²) >= 11 is 12.8. The van der Waals surface area contributed by atoms with E-state index in [-0.39, 0.29) is 23.9 Å². The number of imidazole rings is 1. The molecule has 8 rings (SSSR count). The first-order valence-corrected chi connectivity index (χ1v) is 18.6. The van der Waals surface area contributed by atoms with Crippen LogP contribution in [0.2, 0.25) is 10.0 Å². The molecule has 2 aliphatic heterocycles. The predicted octanol–water partition coefficient (Wildman–Crippen LogP) is 9.24. The molecule has 9 nitrogen and oxygen atoms in total. The lowest BCUT2D eigenvalue weighted by molar-refractivity contribution is -0.136. The average Bonchev–Trinajstić information content (AvgIpc) is 3.77. The zero-order valence-corrected chi connectivity index (χ0v) is 30.4. The Kier molecular flexibility index (Phi) is 9.47. The SMILES string of the molecule is C[C@@H](c1ccc(Cl)cc1)n1cnc(-c2ccccc2)c1-c1c(C(=O)Nc2cccnc2N2CCC(N3CCCCC3=O)CC2)[nH]c2cc(Cl)ccc12. The van der Waals surface area contributed by atoms with Crippen LogP contribution in [-0.2, 0) is 4.79 Å². The molecule has 3 aromatic carbocycles. The number of nitrogens with zero attached hydrogens (tertiary/aromatic N) is 5. The van der Waals surface area contributed by atoms with Crippen LogP contribution in [0.4, 0.5) is 11.5 Å². The minimum atomic E-state index is -0.309. The summed E-state index contributed by atoms with van der Waals surface area (Å²) in [6, 6.07) is 27.3. The molecule has 0 spiro atoms. The normalized spacial score (nSPS) is 16.0. The fourth-order valence-electron chi connectivity index (χ4n) is 7.73. The molecule has 0 saturated carbocycles. The highest BCUT2D eigenvalue weighted by molar-refractivity contribution is 6.31. The molecule has 2 amide bonds. The van der Waals surface area contributed by atoms with E-state index in [0.717, 1.165) is 84.3 Å². The molecule has 2 saturated heterocycles. The summed E-state index contributed by atoms with van der Waals surface area (Å²) < 4.78 is 2.12. The third-order valence-electron chi connectivity index (χ3n) is 10.4. The highest BCUT2D eigenvalue weighted by Crippen LogP contribution is 2.42. The van der Waals surface area contributed by atoms with Crippen molar-refractivity contribution in [3.63, 3.8) is 0 Å². The number of rotatable bonds is 8. The Balaban J connectivity index is 1.18. The van der Waals surface area contributed by atoms with Gasteiger partial charge in [-0.2, -0.15) is 0 Å². The molecule has 0 radical (unpaired) electrons. The summed E-state index contributed by atoms with van der Waals surface area (Å²) in [5, 5.41) is 5.28. The first kappa shape index (κ1) is 34.0. The second kappa shape index (κ2) is 14.5. The minimum Gasteiger partial charge on any atom is -0.355 e. The number of nitrogens with one attached hydrogen (secondary N) is 2. The summed E-state index contributed by atoms with van der Waals surface area (Å²) in [4.78, 5) is 44.7. The maximum atomic E-state index is 14.6. The molecule has 3 aromatic heterocycles.